The monoisotopic (exact) mass is 152 g/mol. The highest BCUT2D eigenvalue weighted by atomic mass is 16.5. The van der Waals surface area contributed by atoms with Gasteiger partial charge < -0.3 is 4.74 Å². The molecule has 0 aliphatic carbocycles. The number of aromatic nitrogens is 2. The summed E-state index contributed by atoms with van der Waals surface area (Å²) in [6.45, 7) is 3.87. The lowest BCUT2D eigenvalue weighted by atomic mass is 10.1. The van der Waals surface area contributed by atoms with Crippen LogP contribution in [0.15, 0.2) is 18.5 Å². The van der Waals surface area contributed by atoms with Gasteiger partial charge in [0.25, 0.3) is 0 Å². The molecule has 1 aromatic rings. The molecule has 0 spiro atoms. The molecule has 0 atom stereocenters. The summed E-state index contributed by atoms with van der Waals surface area (Å²) in [4.78, 5) is 8.17. The van der Waals surface area contributed by atoms with Gasteiger partial charge in [0, 0.05) is 19.5 Å². The van der Waals surface area contributed by atoms with E-state index in [1.54, 1.807) is 25.6 Å². The minimum absolute atomic E-state index is 0.388. The van der Waals surface area contributed by atoms with Crippen molar-refractivity contribution in [2.75, 3.05) is 7.11 Å². The molecule has 1 heterocycles. The summed E-state index contributed by atoms with van der Waals surface area (Å²) < 4.78 is 5.20. The molecule has 0 fully saturated rings. The highest BCUT2D eigenvalue weighted by molar-refractivity contribution is 4.98. The molecule has 0 bridgehead atoms. The van der Waals surface area contributed by atoms with Crippen molar-refractivity contribution < 1.29 is 4.74 Å². The molecule has 0 saturated carbocycles. The predicted octanol–water partition coefficient (Wildman–Crippen LogP) is 1.36. The second-order valence-corrected chi connectivity index (χ2v) is 2.79. The number of hydrogen-bond acceptors (Lipinski definition) is 3. The molecular formula is C8H12N2O. The van der Waals surface area contributed by atoms with Crippen LogP contribution < -0.4 is 0 Å². The van der Waals surface area contributed by atoms with E-state index in [0.717, 1.165) is 0 Å². The number of hydrogen-bond donors (Lipinski definition) is 0. The number of rotatable bonds is 2. The van der Waals surface area contributed by atoms with Gasteiger partial charge in [0.2, 0.25) is 0 Å². The Kier molecular flexibility index (Phi) is 2.19. The molecule has 1 aromatic heterocycles. The Labute approximate surface area is 66.4 Å². The van der Waals surface area contributed by atoms with Crippen molar-refractivity contribution in [3.8, 4) is 0 Å². The zero-order chi connectivity index (χ0) is 8.32. The van der Waals surface area contributed by atoms with E-state index in [2.05, 4.69) is 9.97 Å². The van der Waals surface area contributed by atoms with Crippen LogP contribution in [0.1, 0.15) is 19.7 Å². The lowest BCUT2D eigenvalue weighted by Crippen LogP contribution is -2.22. The van der Waals surface area contributed by atoms with Crippen molar-refractivity contribution in [3.63, 3.8) is 0 Å². The van der Waals surface area contributed by atoms with Crippen LogP contribution in [0.5, 0.6) is 0 Å². The predicted molar refractivity (Wildman–Crippen MR) is 42.1 cm³/mol. The fourth-order valence-corrected chi connectivity index (χ4v) is 0.701. The van der Waals surface area contributed by atoms with Gasteiger partial charge in [-0.2, -0.15) is 0 Å². The van der Waals surface area contributed by atoms with Crippen LogP contribution in [0.25, 0.3) is 0 Å². The standard InChI is InChI=1S/C8H12N2O/c1-8(2,11-3)7-9-5-4-6-10-7/h4-6H,1-3H3. The van der Waals surface area contributed by atoms with Crippen LogP contribution in [0, 0.1) is 0 Å². The van der Waals surface area contributed by atoms with Crippen molar-refractivity contribution >= 4 is 0 Å². The molecule has 1 rings (SSSR count). The summed E-state index contributed by atoms with van der Waals surface area (Å²) in [7, 11) is 1.65. The Bertz CT molecular complexity index is 221. The van der Waals surface area contributed by atoms with E-state index in [9.17, 15) is 0 Å². The largest absolute Gasteiger partial charge is 0.371 e. The Hall–Kier alpha value is -0.960. The number of nitrogens with zero attached hydrogens (tertiary/aromatic N) is 2. The van der Waals surface area contributed by atoms with E-state index >= 15 is 0 Å². The Balaban J connectivity index is 2.93. The number of methoxy groups -OCH3 is 1. The summed E-state index contributed by atoms with van der Waals surface area (Å²) in [6, 6.07) is 1.79. The van der Waals surface area contributed by atoms with Crippen molar-refractivity contribution in [2.45, 2.75) is 19.4 Å². The molecule has 3 nitrogen and oxygen atoms in total. The summed E-state index contributed by atoms with van der Waals surface area (Å²) in [5.41, 5.74) is -0.388. The lowest BCUT2D eigenvalue weighted by molar-refractivity contribution is 0.0114. The molecule has 0 aromatic carbocycles. The van der Waals surface area contributed by atoms with Crippen molar-refractivity contribution in [2.24, 2.45) is 0 Å². The first-order chi connectivity index (χ1) is 5.17. The first kappa shape index (κ1) is 8.14. The van der Waals surface area contributed by atoms with Gasteiger partial charge >= 0.3 is 0 Å². The minimum Gasteiger partial charge on any atom is -0.371 e. The van der Waals surface area contributed by atoms with Crippen LogP contribution in [-0.2, 0) is 10.3 Å². The minimum atomic E-state index is -0.388. The van der Waals surface area contributed by atoms with E-state index in [1.807, 2.05) is 13.8 Å². The zero-order valence-corrected chi connectivity index (χ0v) is 7.03. The third-order valence-electron chi connectivity index (χ3n) is 1.61. The summed E-state index contributed by atoms with van der Waals surface area (Å²) in [6.07, 6.45) is 3.42. The van der Waals surface area contributed by atoms with Gasteiger partial charge in [-0.3, -0.25) is 0 Å². The van der Waals surface area contributed by atoms with Gasteiger partial charge in [-0.25, -0.2) is 9.97 Å². The maximum absolute atomic E-state index is 5.20. The van der Waals surface area contributed by atoms with E-state index in [-0.39, 0.29) is 5.60 Å². The van der Waals surface area contributed by atoms with Crippen LogP contribution in [0.3, 0.4) is 0 Å². The molecule has 0 radical (unpaired) electrons. The van der Waals surface area contributed by atoms with Crippen LogP contribution in [0.4, 0.5) is 0 Å². The van der Waals surface area contributed by atoms with Gasteiger partial charge in [0.15, 0.2) is 5.82 Å². The molecule has 0 unspecified atom stereocenters. The lowest BCUT2D eigenvalue weighted by Gasteiger charge is -2.20. The highest BCUT2D eigenvalue weighted by Gasteiger charge is 2.21. The van der Waals surface area contributed by atoms with Crippen molar-refractivity contribution in [1.29, 1.82) is 0 Å². The Morgan fingerprint density at radius 1 is 1.27 bits per heavy atom. The highest BCUT2D eigenvalue weighted by Crippen LogP contribution is 2.18. The average molecular weight is 152 g/mol. The molecule has 0 aliphatic heterocycles. The molecule has 0 saturated heterocycles. The smallest absolute Gasteiger partial charge is 0.159 e. The second-order valence-electron chi connectivity index (χ2n) is 2.79. The third kappa shape index (κ3) is 1.74. The molecule has 0 aliphatic rings. The molecule has 0 amide bonds. The first-order valence-electron chi connectivity index (χ1n) is 3.49. The Morgan fingerprint density at radius 2 is 1.82 bits per heavy atom. The van der Waals surface area contributed by atoms with Gasteiger partial charge in [0.05, 0.1) is 0 Å². The molecule has 3 heteroatoms. The van der Waals surface area contributed by atoms with E-state index in [4.69, 9.17) is 4.74 Å². The SMILES string of the molecule is COC(C)(C)c1ncccn1. The van der Waals surface area contributed by atoms with Crippen molar-refractivity contribution in [1.82, 2.24) is 9.97 Å². The second kappa shape index (κ2) is 2.96. The Morgan fingerprint density at radius 3 is 2.27 bits per heavy atom. The maximum atomic E-state index is 5.20. The molecule has 11 heavy (non-hydrogen) atoms. The number of ether oxygens (including phenoxy) is 1. The quantitative estimate of drug-likeness (QED) is 0.641. The van der Waals surface area contributed by atoms with Crippen LogP contribution in [0.2, 0.25) is 0 Å². The van der Waals surface area contributed by atoms with Gasteiger partial charge in [-0.15, -0.1) is 0 Å². The van der Waals surface area contributed by atoms with Gasteiger partial charge in [-0.05, 0) is 19.9 Å². The average Bonchev–Trinajstić information content (AvgIpc) is 2.06. The normalized spacial score (nSPS) is 11.5. The van der Waals surface area contributed by atoms with E-state index < -0.39 is 0 Å². The van der Waals surface area contributed by atoms with Gasteiger partial charge in [-0.1, -0.05) is 0 Å². The van der Waals surface area contributed by atoms with E-state index in [1.165, 1.54) is 0 Å². The summed E-state index contributed by atoms with van der Waals surface area (Å²) >= 11 is 0. The van der Waals surface area contributed by atoms with Crippen LogP contribution >= 0.6 is 0 Å². The molecule has 60 valence electrons. The third-order valence-corrected chi connectivity index (χ3v) is 1.61. The van der Waals surface area contributed by atoms with Gasteiger partial charge in [0.1, 0.15) is 5.60 Å². The zero-order valence-electron chi connectivity index (χ0n) is 7.03. The molecular weight excluding hydrogens is 140 g/mol. The summed E-state index contributed by atoms with van der Waals surface area (Å²) in [5.74, 6) is 0.711. The first-order valence-corrected chi connectivity index (χ1v) is 3.49. The van der Waals surface area contributed by atoms with Crippen molar-refractivity contribution in [3.05, 3.63) is 24.3 Å². The van der Waals surface area contributed by atoms with E-state index in [0.29, 0.717) is 5.82 Å². The maximum Gasteiger partial charge on any atom is 0.159 e. The topological polar surface area (TPSA) is 35.0 Å². The summed E-state index contributed by atoms with van der Waals surface area (Å²) in [5, 5.41) is 0. The fraction of sp³-hybridized carbons (Fsp3) is 0.500. The van der Waals surface area contributed by atoms with Crippen LogP contribution in [-0.4, -0.2) is 17.1 Å². The molecule has 0 N–H and O–H groups in total. The fourth-order valence-electron chi connectivity index (χ4n) is 0.701.